The van der Waals surface area contributed by atoms with E-state index in [2.05, 4.69) is 24.4 Å². The first-order valence-electron chi connectivity index (χ1n) is 12.1. The van der Waals surface area contributed by atoms with Crippen LogP contribution in [0.1, 0.15) is 25.8 Å². The SMILES string of the molecule is CCOc1ccccc1N(CC(=O)NCC(CC)Cc1ccccc1)S(=O)(=O)c1ccc(SC)cc1. The summed E-state index contributed by atoms with van der Waals surface area (Å²) in [4.78, 5) is 14.2. The van der Waals surface area contributed by atoms with Gasteiger partial charge in [0.15, 0.2) is 0 Å². The molecular weight excluding hydrogens is 492 g/mol. The van der Waals surface area contributed by atoms with E-state index in [0.29, 0.717) is 24.6 Å². The first kappa shape index (κ1) is 27.6. The standard InChI is InChI=1S/C28H34N2O4S2/c1-4-22(19-23-11-7-6-8-12-23)20-29-28(31)21-30(26-13-9-10-14-27(26)34-5-2)36(32,33)25-17-15-24(35-3)16-18-25/h6-18,22H,4-5,19-21H2,1-3H3,(H,29,31). The number of sulfonamides is 1. The molecule has 1 N–H and O–H groups in total. The van der Waals surface area contributed by atoms with Gasteiger partial charge in [-0.3, -0.25) is 9.10 Å². The van der Waals surface area contributed by atoms with Crippen LogP contribution in [-0.4, -0.2) is 40.3 Å². The van der Waals surface area contributed by atoms with Crippen LogP contribution in [0.15, 0.2) is 88.7 Å². The van der Waals surface area contributed by atoms with Crippen LogP contribution >= 0.6 is 11.8 Å². The van der Waals surface area contributed by atoms with Gasteiger partial charge in [-0.05, 0) is 67.5 Å². The van der Waals surface area contributed by atoms with E-state index in [1.54, 1.807) is 48.5 Å². The van der Waals surface area contributed by atoms with Crippen LogP contribution in [0.4, 0.5) is 5.69 Å². The van der Waals surface area contributed by atoms with Gasteiger partial charge in [-0.15, -0.1) is 11.8 Å². The summed E-state index contributed by atoms with van der Waals surface area (Å²) in [6.07, 6.45) is 3.67. The number of thioether (sulfide) groups is 1. The summed E-state index contributed by atoms with van der Waals surface area (Å²) in [5.41, 5.74) is 1.54. The Bertz CT molecular complexity index is 1220. The third-order valence-electron chi connectivity index (χ3n) is 5.90. The van der Waals surface area contributed by atoms with Crippen molar-refractivity contribution in [3.05, 3.63) is 84.4 Å². The maximum absolute atomic E-state index is 13.7. The Morgan fingerprint density at radius 1 is 0.972 bits per heavy atom. The largest absolute Gasteiger partial charge is 0.492 e. The molecule has 0 aromatic heterocycles. The van der Waals surface area contributed by atoms with Gasteiger partial charge in [-0.2, -0.15) is 0 Å². The van der Waals surface area contributed by atoms with Gasteiger partial charge in [-0.25, -0.2) is 8.42 Å². The summed E-state index contributed by atoms with van der Waals surface area (Å²) in [6.45, 7) is 4.41. The summed E-state index contributed by atoms with van der Waals surface area (Å²) in [5.74, 6) is 0.293. The Kier molecular flexibility index (Phi) is 10.3. The van der Waals surface area contributed by atoms with Gasteiger partial charge in [0.1, 0.15) is 12.3 Å². The lowest BCUT2D eigenvalue weighted by Crippen LogP contribution is -2.42. The second kappa shape index (κ2) is 13.4. The minimum absolute atomic E-state index is 0.120. The van der Waals surface area contributed by atoms with Crippen LogP contribution in [0.25, 0.3) is 0 Å². The fourth-order valence-corrected chi connectivity index (χ4v) is 5.71. The smallest absolute Gasteiger partial charge is 0.264 e. The lowest BCUT2D eigenvalue weighted by molar-refractivity contribution is -0.119. The minimum Gasteiger partial charge on any atom is -0.492 e. The predicted octanol–water partition coefficient (Wildman–Crippen LogP) is 5.39. The second-order valence-electron chi connectivity index (χ2n) is 8.36. The third kappa shape index (κ3) is 7.27. The number of benzene rings is 3. The fraction of sp³-hybridized carbons (Fsp3) is 0.321. The Morgan fingerprint density at radius 3 is 2.28 bits per heavy atom. The minimum atomic E-state index is -4.02. The first-order valence-corrected chi connectivity index (χ1v) is 14.7. The van der Waals surface area contributed by atoms with Crippen molar-refractivity contribution in [2.45, 2.75) is 36.5 Å². The van der Waals surface area contributed by atoms with E-state index in [9.17, 15) is 13.2 Å². The van der Waals surface area contributed by atoms with Gasteiger partial charge in [0.05, 0.1) is 17.2 Å². The first-order chi connectivity index (χ1) is 17.4. The lowest BCUT2D eigenvalue weighted by Gasteiger charge is -2.26. The number of rotatable bonds is 13. The van der Waals surface area contributed by atoms with Gasteiger partial charge in [0, 0.05) is 11.4 Å². The van der Waals surface area contributed by atoms with Crippen LogP contribution in [0.5, 0.6) is 5.75 Å². The molecule has 192 valence electrons. The Balaban J connectivity index is 1.83. The molecule has 0 heterocycles. The second-order valence-corrected chi connectivity index (χ2v) is 11.1. The summed E-state index contributed by atoms with van der Waals surface area (Å²) < 4.78 is 34.3. The lowest BCUT2D eigenvalue weighted by atomic mass is 9.97. The summed E-state index contributed by atoms with van der Waals surface area (Å²) >= 11 is 1.53. The van der Waals surface area contributed by atoms with E-state index in [-0.39, 0.29) is 23.3 Å². The molecule has 0 radical (unpaired) electrons. The van der Waals surface area contributed by atoms with E-state index in [1.165, 1.54) is 17.3 Å². The average Bonchev–Trinajstić information content (AvgIpc) is 2.91. The van der Waals surface area contributed by atoms with E-state index in [4.69, 9.17) is 4.74 Å². The molecule has 1 unspecified atom stereocenters. The quantitative estimate of drug-likeness (QED) is 0.302. The topological polar surface area (TPSA) is 75.7 Å². The van der Waals surface area contributed by atoms with Crippen LogP contribution in [0, 0.1) is 5.92 Å². The number of hydrogen-bond donors (Lipinski definition) is 1. The van der Waals surface area contributed by atoms with Crippen molar-refractivity contribution in [1.29, 1.82) is 0 Å². The number of anilines is 1. The molecular formula is C28H34N2O4S2. The molecule has 0 saturated carbocycles. The van der Waals surface area contributed by atoms with Gasteiger partial charge >= 0.3 is 0 Å². The number of para-hydroxylation sites is 2. The van der Waals surface area contributed by atoms with Crippen molar-refractivity contribution in [3.63, 3.8) is 0 Å². The number of ether oxygens (including phenoxy) is 1. The summed E-state index contributed by atoms with van der Waals surface area (Å²) in [5, 5.41) is 2.96. The van der Waals surface area contributed by atoms with Crippen molar-refractivity contribution >= 4 is 33.4 Å². The molecule has 0 aliphatic rings. The van der Waals surface area contributed by atoms with Gasteiger partial charge in [0.25, 0.3) is 10.0 Å². The molecule has 3 rings (SSSR count). The van der Waals surface area contributed by atoms with Crippen molar-refractivity contribution in [1.82, 2.24) is 5.32 Å². The molecule has 1 amide bonds. The molecule has 36 heavy (non-hydrogen) atoms. The molecule has 0 aliphatic heterocycles. The number of hydrogen-bond acceptors (Lipinski definition) is 5. The zero-order valence-electron chi connectivity index (χ0n) is 21.0. The van der Waals surface area contributed by atoms with Crippen LogP contribution in [0.3, 0.4) is 0 Å². The maximum atomic E-state index is 13.7. The molecule has 0 aliphatic carbocycles. The number of amides is 1. The number of nitrogens with one attached hydrogen (secondary N) is 1. The Hall–Kier alpha value is -2.97. The maximum Gasteiger partial charge on any atom is 0.264 e. The van der Waals surface area contributed by atoms with E-state index in [1.807, 2.05) is 31.4 Å². The molecule has 1 atom stereocenters. The van der Waals surface area contributed by atoms with E-state index >= 15 is 0 Å². The fourth-order valence-electron chi connectivity index (χ4n) is 3.87. The molecule has 0 spiro atoms. The normalized spacial score (nSPS) is 12.1. The van der Waals surface area contributed by atoms with Crippen LogP contribution in [0.2, 0.25) is 0 Å². The number of carbonyl (C=O) groups excluding carboxylic acids is 1. The van der Waals surface area contributed by atoms with Gasteiger partial charge < -0.3 is 10.1 Å². The highest BCUT2D eigenvalue weighted by atomic mass is 32.2. The van der Waals surface area contributed by atoms with Crippen LogP contribution < -0.4 is 14.4 Å². The number of carbonyl (C=O) groups is 1. The zero-order chi connectivity index (χ0) is 26.0. The number of nitrogens with zero attached hydrogens (tertiary/aromatic N) is 1. The predicted molar refractivity (Wildman–Crippen MR) is 147 cm³/mol. The molecule has 3 aromatic rings. The summed E-state index contributed by atoms with van der Waals surface area (Å²) in [7, 11) is -4.02. The van der Waals surface area contributed by atoms with Gasteiger partial charge in [-0.1, -0.05) is 55.8 Å². The molecule has 0 saturated heterocycles. The highest BCUT2D eigenvalue weighted by Gasteiger charge is 2.29. The molecule has 6 nitrogen and oxygen atoms in total. The van der Waals surface area contributed by atoms with E-state index < -0.39 is 10.0 Å². The highest BCUT2D eigenvalue weighted by molar-refractivity contribution is 7.98. The third-order valence-corrected chi connectivity index (χ3v) is 8.42. The monoisotopic (exact) mass is 526 g/mol. The molecule has 8 heteroatoms. The van der Waals surface area contributed by atoms with Crippen LogP contribution in [-0.2, 0) is 21.2 Å². The van der Waals surface area contributed by atoms with Crippen molar-refractivity contribution in [2.75, 3.05) is 30.3 Å². The van der Waals surface area contributed by atoms with Crippen molar-refractivity contribution < 1.29 is 17.9 Å². The molecule has 0 fully saturated rings. The zero-order valence-corrected chi connectivity index (χ0v) is 22.6. The summed E-state index contributed by atoms with van der Waals surface area (Å²) in [6, 6.07) is 23.7. The Morgan fingerprint density at radius 2 is 1.64 bits per heavy atom. The van der Waals surface area contributed by atoms with E-state index in [0.717, 1.165) is 22.0 Å². The molecule has 0 bridgehead atoms. The highest BCUT2D eigenvalue weighted by Crippen LogP contribution is 2.33. The molecule has 3 aromatic carbocycles. The van der Waals surface area contributed by atoms with Gasteiger partial charge in [0.2, 0.25) is 5.91 Å². The van der Waals surface area contributed by atoms with Crippen molar-refractivity contribution in [3.8, 4) is 5.75 Å². The van der Waals surface area contributed by atoms with Crippen molar-refractivity contribution in [2.24, 2.45) is 5.92 Å². The Labute approximate surface area is 219 Å². The average molecular weight is 527 g/mol.